The average molecular weight is 476 g/mol. The zero-order valence-corrected chi connectivity index (χ0v) is 19.6. The number of hydrogen-bond acceptors (Lipinski definition) is 5. The first-order chi connectivity index (χ1) is 15.9. The molecular formula is C24H30FN3O4S. The Bertz CT molecular complexity index is 1080. The molecule has 0 saturated carbocycles. The molecule has 4 rings (SSSR count). The number of nitrogens with zero attached hydrogens (tertiary/aromatic N) is 2. The number of sulfonamides is 1. The fourth-order valence-electron chi connectivity index (χ4n) is 4.31. The van der Waals surface area contributed by atoms with Crippen LogP contribution in [-0.4, -0.2) is 58.0 Å². The van der Waals surface area contributed by atoms with Gasteiger partial charge in [0.25, 0.3) is 5.91 Å². The number of rotatable bonds is 6. The molecule has 2 aliphatic rings. The molecule has 33 heavy (non-hydrogen) atoms. The molecule has 0 unspecified atom stereocenters. The average Bonchev–Trinajstić information content (AvgIpc) is 2.85. The number of anilines is 1. The van der Waals surface area contributed by atoms with Gasteiger partial charge in [0.15, 0.2) is 0 Å². The maximum absolute atomic E-state index is 13.4. The molecule has 178 valence electrons. The van der Waals surface area contributed by atoms with E-state index in [-0.39, 0.29) is 22.7 Å². The van der Waals surface area contributed by atoms with E-state index < -0.39 is 10.0 Å². The molecule has 9 heteroatoms. The van der Waals surface area contributed by atoms with Gasteiger partial charge in [-0.15, -0.1) is 0 Å². The summed E-state index contributed by atoms with van der Waals surface area (Å²) < 4.78 is 46.4. The monoisotopic (exact) mass is 475 g/mol. The minimum Gasteiger partial charge on any atom is -0.379 e. The molecule has 0 aliphatic carbocycles. The summed E-state index contributed by atoms with van der Waals surface area (Å²) in [5, 5.41) is 2.95. The second-order valence-electron chi connectivity index (χ2n) is 8.49. The van der Waals surface area contributed by atoms with Gasteiger partial charge in [-0.05, 0) is 62.1 Å². The highest BCUT2D eigenvalue weighted by atomic mass is 32.2. The van der Waals surface area contributed by atoms with Crippen molar-refractivity contribution in [1.29, 1.82) is 0 Å². The molecule has 2 aromatic rings. The Labute approximate surface area is 194 Å². The first-order valence-electron chi connectivity index (χ1n) is 11.4. The lowest BCUT2D eigenvalue weighted by Gasteiger charge is -2.31. The third-order valence-electron chi connectivity index (χ3n) is 6.23. The molecule has 0 radical (unpaired) electrons. The van der Waals surface area contributed by atoms with Gasteiger partial charge in [-0.3, -0.25) is 4.79 Å². The van der Waals surface area contributed by atoms with Gasteiger partial charge in [-0.1, -0.05) is 12.1 Å². The minimum atomic E-state index is -3.74. The molecule has 0 spiro atoms. The topological polar surface area (TPSA) is 79.0 Å². The van der Waals surface area contributed by atoms with Crippen LogP contribution < -0.4 is 10.2 Å². The van der Waals surface area contributed by atoms with E-state index >= 15 is 0 Å². The number of piperidine rings is 1. The summed E-state index contributed by atoms with van der Waals surface area (Å²) >= 11 is 0. The second-order valence-corrected chi connectivity index (χ2v) is 10.4. The Morgan fingerprint density at radius 1 is 1.00 bits per heavy atom. The number of hydrogen-bond donors (Lipinski definition) is 1. The molecule has 0 aromatic heterocycles. The van der Waals surface area contributed by atoms with E-state index in [0.717, 1.165) is 43.6 Å². The van der Waals surface area contributed by atoms with E-state index in [1.54, 1.807) is 24.3 Å². The Kier molecular flexibility index (Phi) is 7.31. The van der Waals surface area contributed by atoms with Gasteiger partial charge < -0.3 is 15.0 Å². The van der Waals surface area contributed by atoms with E-state index in [2.05, 4.69) is 10.2 Å². The molecule has 2 fully saturated rings. The van der Waals surface area contributed by atoms with Crippen molar-refractivity contribution in [3.05, 3.63) is 59.4 Å². The molecule has 0 bridgehead atoms. The van der Waals surface area contributed by atoms with Gasteiger partial charge >= 0.3 is 0 Å². The number of carbonyl (C=O) groups is 1. The van der Waals surface area contributed by atoms with Crippen molar-refractivity contribution >= 4 is 21.6 Å². The van der Waals surface area contributed by atoms with Gasteiger partial charge in [-0.2, -0.15) is 4.31 Å². The third kappa shape index (κ3) is 5.37. The zero-order valence-electron chi connectivity index (χ0n) is 18.8. The largest absolute Gasteiger partial charge is 0.379 e. The molecule has 2 aliphatic heterocycles. The zero-order chi connectivity index (χ0) is 23.4. The van der Waals surface area contributed by atoms with Crippen molar-refractivity contribution in [2.75, 3.05) is 44.3 Å². The summed E-state index contributed by atoms with van der Waals surface area (Å²) in [4.78, 5) is 15.6. The smallest absolute Gasteiger partial charge is 0.253 e. The lowest BCUT2D eigenvalue weighted by molar-refractivity contribution is 0.0730. The highest BCUT2D eigenvalue weighted by Gasteiger charge is 2.29. The highest BCUT2D eigenvalue weighted by Crippen LogP contribution is 2.29. The van der Waals surface area contributed by atoms with E-state index in [9.17, 15) is 17.6 Å². The molecule has 1 amide bonds. The van der Waals surface area contributed by atoms with Gasteiger partial charge in [0, 0.05) is 31.9 Å². The molecule has 1 N–H and O–H groups in total. The predicted octanol–water partition coefficient (Wildman–Crippen LogP) is 3.33. The number of halogens is 1. The Morgan fingerprint density at radius 2 is 1.67 bits per heavy atom. The van der Waals surface area contributed by atoms with E-state index in [1.165, 1.54) is 22.5 Å². The normalized spacial score (nSPS) is 18.7. The highest BCUT2D eigenvalue weighted by molar-refractivity contribution is 7.89. The van der Waals surface area contributed by atoms with Crippen molar-refractivity contribution < 1.29 is 22.3 Å². The van der Waals surface area contributed by atoms with Crippen molar-refractivity contribution in [3.63, 3.8) is 0 Å². The number of morpholine rings is 1. The van der Waals surface area contributed by atoms with Crippen molar-refractivity contribution in [2.24, 2.45) is 0 Å². The fourth-order valence-corrected chi connectivity index (χ4v) is 5.75. The number of nitrogens with one attached hydrogen (secondary N) is 1. The summed E-state index contributed by atoms with van der Waals surface area (Å²) in [6.45, 7) is 4.76. The lowest BCUT2D eigenvalue weighted by Crippen LogP contribution is -2.40. The van der Waals surface area contributed by atoms with Crippen LogP contribution in [0.25, 0.3) is 0 Å². The Hall–Kier alpha value is -2.49. The second kappa shape index (κ2) is 10.2. The van der Waals surface area contributed by atoms with Crippen molar-refractivity contribution in [1.82, 2.24) is 9.62 Å². The van der Waals surface area contributed by atoms with Crippen molar-refractivity contribution in [3.8, 4) is 0 Å². The first-order valence-corrected chi connectivity index (χ1v) is 12.8. The molecule has 2 aromatic carbocycles. The molecule has 2 saturated heterocycles. The van der Waals surface area contributed by atoms with Crippen LogP contribution in [-0.2, 0) is 14.8 Å². The minimum absolute atomic E-state index is 0.102. The van der Waals surface area contributed by atoms with Gasteiger partial charge in [0.2, 0.25) is 10.0 Å². The summed E-state index contributed by atoms with van der Waals surface area (Å²) in [6, 6.07) is 10.4. The van der Waals surface area contributed by atoms with Crippen LogP contribution in [0.4, 0.5) is 10.1 Å². The quantitative estimate of drug-likeness (QED) is 0.694. The predicted molar refractivity (Wildman–Crippen MR) is 124 cm³/mol. The molecule has 1 atom stereocenters. The molecule has 7 nitrogen and oxygen atoms in total. The Morgan fingerprint density at radius 3 is 2.33 bits per heavy atom. The third-order valence-corrected chi connectivity index (χ3v) is 8.13. The van der Waals surface area contributed by atoms with Crippen LogP contribution in [0.15, 0.2) is 47.4 Å². The van der Waals surface area contributed by atoms with Gasteiger partial charge in [-0.25, -0.2) is 12.8 Å². The lowest BCUT2D eigenvalue weighted by atomic mass is 10.0. The Balaban J connectivity index is 1.65. The van der Waals surface area contributed by atoms with Gasteiger partial charge in [0.1, 0.15) is 5.82 Å². The van der Waals surface area contributed by atoms with Crippen molar-refractivity contribution in [2.45, 2.75) is 37.1 Å². The number of benzene rings is 2. The van der Waals surface area contributed by atoms with E-state index in [4.69, 9.17) is 4.74 Å². The van der Waals surface area contributed by atoms with Crippen LogP contribution in [0.1, 0.15) is 48.1 Å². The number of amides is 1. The summed E-state index contributed by atoms with van der Waals surface area (Å²) in [7, 11) is -3.74. The standard InChI is InChI=1S/C24H30FN3O4S/c1-18(19-5-7-20(25)8-6-19)26-24(29)22-17-21(33(30,31)28-13-15-32-16-14-28)9-10-23(22)27-11-3-2-4-12-27/h5-10,17-18H,2-4,11-16H2,1H3,(H,26,29)/t18-/m1/s1. The van der Waals surface area contributed by atoms with E-state index in [0.29, 0.717) is 31.9 Å². The SMILES string of the molecule is C[C@@H](NC(=O)c1cc(S(=O)(=O)N2CCOCC2)ccc1N1CCCCC1)c1ccc(F)cc1. The first kappa shape index (κ1) is 23.7. The molecular weight excluding hydrogens is 445 g/mol. The number of carbonyl (C=O) groups excluding carboxylic acids is 1. The van der Waals surface area contributed by atoms with Crippen LogP contribution in [0.2, 0.25) is 0 Å². The van der Waals surface area contributed by atoms with Crippen LogP contribution >= 0.6 is 0 Å². The maximum atomic E-state index is 13.4. The summed E-state index contributed by atoms with van der Waals surface area (Å²) in [5.74, 6) is -0.697. The van der Waals surface area contributed by atoms with Crippen LogP contribution in [0.5, 0.6) is 0 Å². The van der Waals surface area contributed by atoms with Gasteiger partial charge in [0.05, 0.1) is 29.7 Å². The summed E-state index contributed by atoms with van der Waals surface area (Å²) in [6.07, 6.45) is 3.20. The van der Waals surface area contributed by atoms with Crippen LogP contribution in [0.3, 0.4) is 0 Å². The fraction of sp³-hybridized carbons (Fsp3) is 0.458. The van der Waals surface area contributed by atoms with Crippen LogP contribution in [0, 0.1) is 5.82 Å². The maximum Gasteiger partial charge on any atom is 0.253 e. The van der Waals surface area contributed by atoms with E-state index in [1.807, 2.05) is 6.92 Å². The number of ether oxygens (including phenoxy) is 1. The molecule has 2 heterocycles. The summed E-state index contributed by atoms with van der Waals surface area (Å²) in [5.41, 5.74) is 1.83.